The van der Waals surface area contributed by atoms with E-state index in [0.29, 0.717) is 16.5 Å². The molecule has 0 bridgehead atoms. The molecular formula is C21H25ClN2O4S. The predicted molar refractivity (Wildman–Crippen MR) is 115 cm³/mol. The quantitative estimate of drug-likeness (QED) is 0.775. The summed E-state index contributed by atoms with van der Waals surface area (Å²) in [6.45, 7) is 4.13. The number of fused-ring (bicyclic) bond motifs is 1. The van der Waals surface area contributed by atoms with Gasteiger partial charge in [0.25, 0.3) is 5.91 Å². The van der Waals surface area contributed by atoms with Crippen molar-refractivity contribution in [1.82, 2.24) is 5.32 Å². The third-order valence-electron chi connectivity index (χ3n) is 4.99. The summed E-state index contributed by atoms with van der Waals surface area (Å²) in [6, 6.07) is 12.6. The fourth-order valence-corrected chi connectivity index (χ4v) is 4.42. The Bertz CT molecular complexity index is 992. The van der Waals surface area contributed by atoms with Crippen molar-refractivity contribution in [2.45, 2.75) is 38.8 Å². The van der Waals surface area contributed by atoms with Crippen LogP contribution in [-0.2, 0) is 21.2 Å². The van der Waals surface area contributed by atoms with E-state index < -0.39 is 16.1 Å². The Labute approximate surface area is 176 Å². The van der Waals surface area contributed by atoms with E-state index >= 15 is 0 Å². The molecule has 0 aliphatic carbocycles. The van der Waals surface area contributed by atoms with Crippen molar-refractivity contribution in [3.8, 4) is 5.75 Å². The van der Waals surface area contributed by atoms with Crippen LogP contribution in [0.2, 0.25) is 5.02 Å². The van der Waals surface area contributed by atoms with Crippen LogP contribution in [0.15, 0.2) is 42.5 Å². The average Bonchev–Trinajstić information content (AvgIpc) is 2.87. The summed E-state index contributed by atoms with van der Waals surface area (Å²) in [5.41, 5.74) is 2.57. The monoisotopic (exact) mass is 436 g/mol. The first-order chi connectivity index (χ1) is 13.7. The second-order valence-corrected chi connectivity index (χ2v) is 9.51. The molecule has 1 aliphatic heterocycles. The van der Waals surface area contributed by atoms with Gasteiger partial charge in [-0.1, -0.05) is 42.8 Å². The molecule has 2 atom stereocenters. The third kappa shape index (κ3) is 5.03. The van der Waals surface area contributed by atoms with Crippen molar-refractivity contribution in [2.24, 2.45) is 0 Å². The zero-order valence-electron chi connectivity index (χ0n) is 16.7. The highest BCUT2D eigenvalue weighted by atomic mass is 35.5. The molecule has 2 aromatic rings. The van der Waals surface area contributed by atoms with Crippen molar-refractivity contribution in [3.63, 3.8) is 0 Å². The van der Waals surface area contributed by atoms with E-state index in [1.807, 2.05) is 31.2 Å². The van der Waals surface area contributed by atoms with Crippen LogP contribution in [0.5, 0.6) is 5.75 Å². The van der Waals surface area contributed by atoms with Gasteiger partial charge in [0, 0.05) is 18.0 Å². The van der Waals surface area contributed by atoms with Gasteiger partial charge in [0.05, 0.1) is 18.0 Å². The van der Waals surface area contributed by atoms with E-state index in [4.69, 9.17) is 16.3 Å². The Morgan fingerprint density at radius 2 is 1.97 bits per heavy atom. The molecule has 29 heavy (non-hydrogen) atoms. The van der Waals surface area contributed by atoms with Crippen LogP contribution < -0.4 is 14.4 Å². The lowest BCUT2D eigenvalue weighted by atomic mass is 10.0. The summed E-state index contributed by atoms with van der Waals surface area (Å²) < 4.78 is 31.6. The van der Waals surface area contributed by atoms with Gasteiger partial charge in [0.1, 0.15) is 5.75 Å². The lowest BCUT2D eigenvalue weighted by Gasteiger charge is -2.21. The molecule has 8 heteroatoms. The first-order valence-corrected chi connectivity index (χ1v) is 11.7. The number of benzene rings is 2. The first-order valence-electron chi connectivity index (χ1n) is 9.52. The molecule has 0 saturated carbocycles. The summed E-state index contributed by atoms with van der Waals surface area (Å²) in [5.74, 6) is 0.0331. The SMILES string of the molecule is CCc1ccc([C@H](C)NC(=O)[C@H]2CCN(S(C)(=O)=O)c3cc(Cl)ccc3O2)cc1. The van der Waals surface area contributed by atoms with Crippen molar-refractivity contribution in [3.05, 3.63) is 58.6 Å². The highest BCUT2D eigenvalue weighted by Crippen LogP contribution is 2.36. The lowest BCUT2D eigenvalue weighted by molar-refractivity contribution is -0.128. The molecule has 0 radical (unpaired) electrons. The second-order valence-electron chi connectivity index (χ2n) is 7.17. The largest absolute Gasteiger partial charge is 0.478 e. The van der Waals surface area contributed by atoms with Crippen LogP contribution in [0.1, 0.15) is 37.4 Å². The van der Waals surface area contributed by atoms with Crippen LogP contribution in [0.4, 0.5) is 5.69 Å². The van der Waals surface area contributed by atoms with E-state index in [2.05, 4.69) is 12.2 Å². The number of amides is 1. The molecule has 0 fully saturated rings. The Morgan fingerprint density at radius 1 is 1.28 bits per heavy atom. The summed E-state index contributed by atoms with van der Waals surface area (Å²) in [5, 5.41) is 3.37. The van der Waals surface area contributed by atoms with E-state index in [1.165, 1.54) is 15.9 Å². The van der Waals surface area contributed by atoms with Gasteiger partial charge < -0.3 is 10.1 Å². The van der Waals surface area contributed by atoms with Crippen LogP contribution in [0, 0.1) is 0 Å². The normalized spacial score (nSPS) is 17.7. The Morgan fingerprint density at radius 3 is 2.59 bits per heavy atom. The van der Waals surface area contributed by atoms with Gasteiger partial charge in [-0.3, -0.25) is 9.10 Å². The van der Waals surface area contributed by atoms with E-state index in [0.717, 1.165) is 18.2 Å². The van der Waals surface area contributed by atoms with Gasteiger partial charge in [-0.05, 0) is 42.7 Å². The molecule has 0 spiro atoms. The molecule has 156 valence electrons. The number of hydrogen-bond donors (Lipinski definition) is 1. The number of nitrogens with one attached hydrogen (secondary N) is 1. The molecule has 0 aromatic heterocycles. The number of ether oxygens (including phenoxy) is 1. The number of rotatable bonds is 5. The first kappa shape index (κ1) is 21.5. The van der Waals surface area contributed by atoms with Crippen LogP contribution in [0.3, 0.4) is 0 Å². The highest BCUT2D eigenvalue weighted by Gasteiger charge is 2.32. The molecule has 6 nitrogen and oxygen atoms in total. The molecule has 1 aliphatic rings. The van der Waals surface area contributed by atoms with Crippen molar-refractivity contribution in [2.75, 3.05) is 17.1 Å². The molecule has 2 aromatic carbocycles. The Hall–Kier alpha value is -2.25. The van der Waals surface area contributed by atoms with Gasteiger partial charge in [-0.15, -0.1) is 0 Å². The van der Waals surface area contributed by atoms with Gasteiger partial charge in [0.2, 0.25) is 10.0 Å². The van der Waals surface area contributed by atoms with E-state index in [-0.39, 0.29) is 24.9 Å². The summed E-state index contributed by atoms with van der Waals surface area (Å²) >= 11 is 6.05. The Balaban J connectivity index is 1.79. The molecule has 3 rings (SSSR count). The molecule has 1 amide bonds. The van der Waals surface area contributed by atoms with E-state index in [1.54, 1.807) is 12.1 Å². The number of carbonyl (C=O) groups is 1. The second kappa shape index (κ2) is 8.63. The molecule has 1 N–H and O–H groups in total. The molecule has 1 heterocycles. The maximum Gasteiger partial charge on any atom is 0.261 e. The number of anilines is 1. The number of hydrogen-bond acceptors (Lipinski definition) is 4. The van der Waals surface area contributed by atoms with Crippen molar-refractivity contribution >= 4 is 33.2 Å². The van der Waals surface area contributed by atoms with Gasteiger partial charge in [0.15, 0.2) is 6.10 Å². The summed E-state index contributed by atoms with van der Waals surface area (Å²) in [7, 11) is -3.54. The van der Waals surface area contributed by atoms with Gasteiger partial charge in [-0.2, -0.15) is 0 Å². The number of halogens is 1. The van der Waals surface area contributed by atoms with Crippen LogP contribution in [-0.4, -0.2) is 33.2 Å². The lowest BCUT2D eigenvalue weighted by Crippen LogP contribution is -2.40. The molecule has 0 unspecified atom stereocenters. The standard InChI is InChI=1S/C21H25ClN2O4S/c1-4-15-5-7-16(8-6-15)14(2)23-21(25)20-11-12-24(29(3,26)27)18-13-17(22)9-10-19(18)28-20/h5-10,13-14,20H,4,11-12H2,1-3H3,(H,23,25)/t14-,20+/m0/s1. The van der Waals surface area contributed by atoms with Crippen molar-refractivity contribution in [1.29, 1.82) is 0 Å². The minimum Gasteiger partial charge on any atom is -0.478 e. The van der Waals surface area contributed by atoms with Crippen LogP contribution in [0.25, 0.3) is 0 Å². The maximum absolute atomic E-state index is 12.9. The number of carbonyl (C=O) groups excluding carboxylic acids is 1. The summed E-state index contributed by atoms with van der Waals surface area (Å²) in [6.07, 6.45) is 1.50. The van der Waals surface area contributed by atoms with Gasteiger partial charge in [-0.25, -0.2) is 8.42 Å². The number of aryl methyl sites for hydroxylation is 1. The zero-order valence-corrected chi connectivity index (χ0v) is 18.3. The average molecular weight is 437 g/mol. The predicted octanol–water partition coefficient (Wildman–Crippen LogP) is 3.70. The Kier molecular flexibility index (Phi) is 6.39. The summed E-state index contributed by atoms with van der Waals surface area (Å²) in [4.78, 5) is 12.9. The minimum absolute atomic E-state index is 0.129. The minimum atomic E-state index is -3.54. The number of sulfonamides is 1. The molecular weight excluding hydrogens is 412 g/mol. The highest BCUT2D eigenvalue weighted by molar-refractivity contribution is 7.92. The number of nitrogens with zero attached hydrogens (tertiary/aromatic N) is 1. The van der Waals surface area contributed by atoms with Crippen molar-refractivity contribution < 1.29 is 17.9 Å². The topological polar surface area (TPSA) is 75.7 Å². The maximum atomic E-state index is 12.9. The zero-order chi connectivity index (χ0) is 21.2. The smallest absolute Gasteiger partial charge is 0.261 e. The molecule has 0 saturated heterocycles. The van der Waals surface area contributed by atoms with E-state index in [9.17, 15) is 13.2 Å². The third-order valence-corrected chi connectivity index (χ3v) is 6.41. The fourth-order valence-electron chi connectivity index (χ4n) is 3.31. The van der Waals surface area contributed by atoms with Gasteiger partial charge >= 0.3 is 0 Å². The fraction of sp³-hybridized carbons (Fsp3) is 0.381. The van der Waals surface area contributed by atoms with Crippen LogP contribution >= 0.6 is 11.6 Å².